The van der Waals surface area contributed by atoms with Gasteiger partial charge in [-0.05, 0) is 18.6 Å². The molecule has 10 nitrogen and oxygen atoms in total. The van der Waals surface area contributed by atoms with E-state index in [0.29, 0.717) is 29.9 Å². The van der Waals surface area contributed by atoms with E-state index in [4.69, 9.17) is 6.42 Å². The van der Waals surface area contributed by atoms with Crippen LogP contribution in [-0.4, -0.2) is 82.0 Å². The quantitative estimate of drug-likeness (QED) is 0.498. The van der Waals surface area contributed by atoms with Crippen LogP contribution >= 0.6 is 0 Å². The van der Waals surface area contributed by atoms with Crippen LogP contribution in [0.5, 0.6) is 0 Å². The summed E-state index contributed by atoms with van der Waals surface area (Å²) in [6.07, 6.45) is 9.15. The van der Waals surface area contributed by atoms with Crippen LogP contribution in [0.15, 0.2) is 30.6 Å². The Morgan fingerprint density at radius 2 is 1.85 bits per heavy atom. The summed E-state index contributed by atoms with van der Waals surface area (Å²) in [5, 5.41) is 6.49. The van der Waals surface area contributed by atoms with Gasteiger partial charge in [0.15, 0.2) is 0 Å². The van der Waals surface area contributed by atoms with Crippen LogP contribution in [0.4, 0.5) is 5.69 Å². The smallest absolute Gasteiger partial charge is 0.264 e. The van der Waals surface area contributed by atoms with Gasteiger partial charge in [0.2, 0.25) is 11.8 Å². The minimum absolute atomic E-state index is 0.0984. The van der Waals surface area contributed by atoms with Crippen molar-refractivity contribution in [1.29, 1.82) is 0 Å². The fourth-order valence-corrected chi connectivity index (χ4v) is 4.78. The van der Waals surface area contributed by atoms with Crippen LogP contribution in [0.3, 0.4) is 0 Å². The summed E-state index contributed by atoms with van der Waals surface area (Å²) in [6, 6.07) is 4.27. The first kappa shape index (κ1) is 21.9. The number of benzene rings is 1. The number of rotatable bonds is 5. The first-order valence-corrected chi connectivity index (χ1v) is 11.3. The number of fused-ring (bicyclic) bond motifs is 1. The molecule has 0 aliphatic carbocycles. The number of carbonyl (C=O) groups excluding carboxylic acids is 4. The second kappa shape index (κ2) is 8.76. The number of hydrogen-bond acceptors (Lipinski definition) is 7. The van der Waals surface area contributed by atoms with Crippen LogP contribution in [0.25, 0.3) is 0 Å². The van der Waals surface area contributed by atoms with Crippen molar-refractivity contribution >= 4 is 29.3 Å². The van der Waals surface area contributed by atoms with Crippen molar-refractivity contribution in [3.63, 3.8) is 0 Å². The number of terminal acetylenes is 1. The first-order chi connectivity index (χ1) is 16.5. The van der Waals surface area contributed by atoms with Crippen LogP contribution in [0, 0.1) is 12.3 Å². The average molecular weight is 460 g/mol. The Morgan fingerprint density at radius 1 is 1.06 bits per heavy atom. The van der Waals surface area contributed by atoms with Gasteiger partial charge in [-0.2, -0.15) is 5.10 Å². The van der Waals surface area contributed by atoms with Crippen molar-refractivity contribution < 1.29 is 19.2 Å². The van der Waals surface area contributed by atoms with Gasteiger partial charge in [-0.1, -0.05) is 12.0 Å². The zero-order chi connectivity index (χ0) is 23.8. The molecule has 34 heavy (non-hydrogen) atoms. The summed E-state index contributed by atoms with van der Waals surface area (Å²) in [4.78, 5) is 55.7. The average Bonchev–Trinajstić information content (AvgIpc) is 3.41. The van der Waals surface area contributed by atoms with Gasteiger partial charge in [0.05, 0.1) is 35.1 Å². The predicted octanol–water partition coefficient (Wildman–Crippen LogP) is 0.0878. The SMILES string of the molecule is C#Cc1cnn(CCN2CCN(c3cccc4c3C(=O)N(C3CCC(=O)NC3=O)C4=O)CC2)c1. The lowest BCUT2D eigenvalue weighted by Gasteiger charge is -2.36. The van der Waals surface area contributed by atoms with Crippen molar-refractivity contribution in [3.05, 3.63) is 47.3 Å². The molecule has 3 aliphatic heterocycles. The van der Waals surface area contributed by atoms with Crippen molar-refractivity contribution in [2.24, 2.45) is 0 Å². The molecule has 1 N–H and O–H groups in total. The van der Waals surface area contributed by atoms with Crippen molar-refractivity contribution in [3.8, 4) is 12.3 Å². The van der Waals surface area contributed by atoms with E-state index in [1.54, 1.807) is 18.3 Å². The lowest BCUT2D eigenvalue weighted by Crippen LogP contribution is -2.54. The second-order valence-electron chi connectivity index (χ2n) is 8.61. The third-order valence-corrected chi connectivity index (χ3v) is 6.60. The molecule has 1 atom stereocenters. The molecule has 2 saturated heterocycles. The van der Waals surface area contributed by atoms with Gasteiger partial charge in [0.1, 0.15) is 6.04 Å². The van der Waals surface area contributed by atoms with Gasteiger partial charge in [-0.25, -0.2) is 0 Å². The Labute approximate surface area is 196 Å². The van der Waals surface area contributed by atoms with Gasteiger partial charge in [-0.3, -0.25) is 39.0 Å². The molecular weight excluding hydrogens is 436 g/mol. The third-order valence-electron chi connectivity index (χ3n) is 6.60. The summed E-state index contributed by atoms with van der Waals surface area (Å²) in [5.74, 6) is 0.614. The zero-order valence-electron chi connectivity index (χ0n) is 18.6. The molecule has 1 aromatic carbocycles. The largest absolute Gasteiger partial charge is 0.368 e. The Kier molecular flexibility index (Phi) is 5.63. The van der Waals surface area contributed by atoms with E-state index in [9.17, 15) is 19.2 Å². The third kappa shape index (κ3) is 3.84. The molecule has 1 aromatic heterocycles. The van der Waals surface area contributed by atoms with E-state index in [2.05, 4.69) is 26.1 Å². The Hall–Kier alpha value is -3.97. The maximum absolute atomic E-state index is 13.3. The number of piperazine rings is 1. The first-order valence-electron chi connectivity index (χ1n) is 11.3. The lowest BCUT2D eigenvalue weighted by molar-refractivity contribution is -0.136. The molecule has 0 saturated carbocycles. The van der Waals surface area contributed by atoms with Crippen molar-refractivity contribution in [1.82, 2.24) is 24.9 Å². The van der Waals surface area contributed by atoms with E-state index in [-0.39, 0.29) is 18.7 Å². The Balaban J connectivity index is 1.27. The summed E-state index contributed by atoms with van der Waals surface area (Å²) < 4.78 is 1.83. The van der Waals surface area contributed by atoms with Crippen LogP contribution in [0.2, 0.25) is 0 Å². The molecule has 0 bridgehead atoms. The zero-order valence-corrected chi connectivity index (χ0v) is 18.6. The van der Waals surface area contributed by atoms with Gasteiger partial charge >= 0.3 is 0 Å². The van der Waals surface area contributed by atoms with Crippen LogP contribution < -0.4 is 10.2 Å². The Bertz CT molecular complexity index is 1220. The highest BCUT2D eigenvalue weighted by Gasteiger charge is 2.46. The molecule has 4 amide bonds. The van der Waals surface area contributed by atoms with Gasteiger partial charge < -0.3 is 4.90 Å². The molecule has 10 heteroatoms. The summed E-state index contributed by atoms with van der Waals surface area (Å²) in [6.45, 7) is 4.55. The van der Waals surface area contributed by atoms with Crippen LogP contribution in [0.1, 0.15) is 39.1 Å². The molecule has 0 spiro atoms. The highest BCUT2D eigenvalue weighted by Crippen LogP contribution is 2.34. The normalized spacial score (nSPS) is 21.0. The summed E-state index contributed by atoms with van der Waals surface area (Å²) >= 11 is 0. The predicted molar refractivity (Wildman–Crippen MR) is 122 cm³/mol. The summed E-state index contributed by atoms with van der Waals surface area (Å²) in [7, 11) is 0. The van der Waals surface area contributed by atoms with E-state index in [1.807, 2.05) is 16.9 Å². The topological polar surface area (TPSA) is 108 Å². The number of carbonyl (C=O) groups is 4. The van der Waals surface area contributed by atoms with Crippen molar-refractivity contribution in [2.45, 2.75) is 25.4 Å². The molecule has 0 radical (unpaired) electrons. The highest BCUT2D eigenvalue weighted by atomic mass is 16.2. The monoisotopic (exact) mass is 460 g/mol. The highest BCUT2D eigenvalue weighted by molar-refractivity contribution is 6.25. The number of anilines is 1. The number of nitrogens with one attached hydrogen (secondary N) is 1. The molecule has 3 aliphatic rings. The van der Waals surface area contributed by atoms with Gasteiger partial charge in [0, 0.05) is 45.3 Å². The number of piperidine rings is 1. The van der Waals surface area contributed by atoms with Gasteiger partial charge in [-0.15, -0.1) is 6.42 Å². The molecular formula is C24H24N6O4. The second-order valence-corrected chi connectivity index (χ2v) is 8.61. The van der Waals surface area contributed by atoms with E-state index in [0.717, 1.165) is 36.6 Å². The number of aromatic nitrogens is 2. The molecule has 174 valence electrons. The van der Waals surface area contributed by atoms with Gasteiger partial charge in [0.25, 0.3) is 11.8 Å². The van der Waals surface area contributed by atoms with Crippen LogP contribution in [-0.2, 0) is 16.1 Å². The summed E-state index contributed by atoms with van der Waals surface area (Å²) in [5.41, 5.74) is 2.10. The van der Waals surface area contributed by atoms with E-state index >= 15 is 0 Å². The van der Waals surface area contributed by atoms with Crippen molar-refractivity contribution in [2.75, 3.05) is 37.6 Å². The molecule has 2 fully saturated rings. The Morgan fingerprint density at radius 3 is 2.56 bits per heavy atom. The minimum Gasteiger partial charge on any atom is -0.368 e. The number of imide groups is 2. The molecule has 2 aromatic rings. The molecule has 1 unspecified atom stereocenters. The fraction of sp³-hybridized carbons (Fsp3) is 0.375. The fourth-order valence-electron chi connectivity index (χ4n) is 4.78. The standard InChI is InChI=1S/C24H24N6O4/c1-2-16-14-25-29(15-16)13-10-27-8-11-28(12-9-27)18-5-3-4-17-21(18)24(34)30(23(17)33)19-6-7-20(31)26-22(19)32/h1,3-5,14-15,19H,6-13H2,(H,26,31,32). The van der Waals surface area contributed by atoms with E-state index < -0.39 is 23.8 Å². The maximum Gasteiger partial charge on any atom is 0.264 e. The number of nitrogens with zero attached hydrogens (tertiary/aromatic N) is 5. The molecule has 4 heterocycles. The molecule has 5 rings (SSSR count). The maximum atomic E-state index is 13.3. The number of hydrogen-bond donors (Lipinski definition) is 1. The minimum atomic E-state index is -0.966. The lowest BCUT2D eigenvalue weighted by atomic mass is 10.0. The van der Waals surface area contributed by atoms with E-state index in [1.165, 1.54) is 0 Å². The number of amides is 4.